The highest BCUT2D eigenvalue weighted by atomic mass is 16.5. The van der Waals surface area contributed by atoms with Gasteiger partial charge in [-0.05, 0) is 36.4 Å². The van der Waals surface area contributed by atoms with Crippen LogP contribution in [0.5, 0.6) is 5.75 Å². The number of aromatic nitrogens is 3. The van der Waals surface area contributed by atoms with Crippen LogP contribution in [0.4, 0.5) is 0 Å². The van der Waals surface area contributed by atoms with Crippen molar-refractivity contribution in [1.82, 2.24) is 14.5 Å². The molecule has 0 aliphatic carbocycles. The summed E-state index contributed by atoms with van der Waals surface area (Å²) in [6.07, 6.45) is 2.23. The Balaban J connectivity index is 2.18. The summed E-state index contributed by atoms with van der Waals surface area (Å²) < 4.78 is 7.13. The van der Waals surface area contributed by atoms with Crippen LogP contribution >= 0.6 is 0 Å². The van der Waals surface area contributed by atoms with Gasteiger partial charge in [0.25, 0.3) is 0 Å². The molecule has 0 atom stereocenters. The number of aliphatic hydroxyl groups excluding tert-OH is 1. The third kappa shape index (κ3) is 2.12. The smallest absolute Gasteiger partial charge is 0.164 e. The first-order valence-corrected chi connectivity index (χ1v) is 6.41. The van der Waals surface area contributed by atoms with Crippen molar-refractivity contribution in [2.45, 2.75) is 6.42 Å². The van der Waals surface area contributed by atoms with E-state index in [9.17, 15) is 5.11 Å². The summed E-state index contributed by atoms with van der Waals surface area (Å²) in [7, 11) is 1.64. The molecule has 0 spiro atoms. The Morgan fingerprint density at radius 3 is 2.70 bits per heavy atom. The lowest BCUT2D eigenvalue weighted by atomic mass is 10.3. The summed E-state index contributed by atoms with van der Waals surface area (Å²) >= 11 is 0. The molecule has 5 heteroatoms. The van der Waals surface area contributed by atoms with Crippen LogP contribution in [0.15, 0.2) is 42.6 Å². The van der Waals surface area contributed by atoms with Crippen LogP contribution in [0.1, 0.15) is 5.82 Å². The molecule has 102 valence electrons. The van der Waals surface area contributed by atoms with E-state index in [1.807, 2.05) is 41.0 Å². The fourth-order valence-electron chi connectivity index (χ4n) is 2.23. The molecule has 0 aliphatic heterocycles. The van der Waals surface area contributed by atoms with Gasteiger partial charge < -0.3 is 9.84 Å². The molecule has 5 nitrogen and oxygen atoms in total. The maximum atomic E-state index is 9.20. The van der Waals surface area contributed by atoms with Gasteiger partial charge in [-0.3, -0.25) is 4.57 Å². The fraction of sp³-hybridized carbons (Fsp3) is 0.200. The second kappa shape index (κ2) is 5.30. The van der Waals surface area contributed by atoms with Crippen molar-refractivity contribution in [3.63, 3.8) is 0 Å². The van der Waals surface area contributed by atoms with Crippen molar-refractivity contribution in [3.8, 4) is 11.4 Å². The first-order valence-electron chi connectivity index (χ1n) is 6.41. The van der Waals surface area contributed by atoms with Gasteiger partial charge in [0.15, 0.2) is 5.65 Å². The standard InChI is InChI=1S/C15H15N3O2/c1-20-12-6-4-11(5-7-12)18-14(8-10-19)17-13-3-2-9-16-15(13)18/h2-7,9,19H,8,10H2,1H3. The molecule has 0 unspecified atom stereocenters. The third-order valence-electron chi connectivity index (χ3n) is 3.15. The number of pyridine rings is 1. The molecule has 2 heterocycles. The maximum Gasteiger partial charge on any atom is 0.164 e. The molecule has 0 amide bonds. The van der Waals surface area contributed by atoms with Crippen LogP contribution < -0.4 is 4.74 Å². The highest BCUT2D eigenvalue weighted by Crippen LogP contribution is 2.22. The number of hydrogen-bond acceptors (Lipinski definition) is 4. The molecule has 3 rings (SSSR count). The van der Waals surface area contributed by atoms with E-state index in [1.165, 1.54) is 0 Å². The van der Waals surface area contributed by atoms with Gasteiger partial charge >= 0.3 is 0 Å². The molecule has 2 aromatic heterocycles. The normalized spacial score (nSPS) is 10.9. The zero-order valence-corrected chi connectivity index (χ0v) is 11.2. The summed E-state index contributed by atoms with van der Waals surface area (Å²) in [6.45, 7) is 0.0550. The molecule has 20 heavy (non-hydrogen) atoms. The fourth-order valence-corrected chi connectivity index (χ4v) is 2.23. The zero-order chi connectivity index (χ0) is 13.9. The van der Waals surface area contributed by atoms with Crippen LogP contribution in [-0.4, -0.2) is 33.4 Å². The van der Waals surface area contributed by atoms with Gasteiger partial charge in [0.1, 0.15) is 17.1 Å². The minimum Gasteiger partial charge on any atom is -0.497 e. The average molecular weight is 269 g/mol. The minimum atomic E-state index is 0.0550. The van der Waals surface area contributed by atoms with E-state index in [-0.39, 0.29) is 6.61 Å². The molecule has 0 aliphatic rings. The Morgan fingerprint density at radius 1 is 1.20 bits per heavy atom. The van der Waals surface area contributed by atoms with Gasteiger partial charge in [-0.1, -0.05) is 0 Å². The van der Waals surface area contributed by atoms with Gasteiger partial charge in [-0.15, -0.1) is 0 Å². The van der Waals surface area contributed by atoms with Crippen LogP contribution in [0.2, 0.25) is 0 Å². The molecule has 0 saturated heterocycles. The average Bonchev–Trinajstić information content (AvgIpc) is 2.86. The topological polar surface area (TPSA) is 60.2 Å². The van der Waals surface area contributed by atoms with Crippen molar-refractivity contribution >= 4 is 11.2 Å². The van der Waals surface area contributed by atoms with E-state index < -0.39 is 0 Å². The highest BCUT2D eigenvalue weighted by molar-refractivity contribution is 5.73. The lowest BCUT2D eigenvalue weighted by Crippen LogP contribution is -2.04. The summed E-state index contributed by atoms with van der Waals surface area (Å²) in [5.74, 6) is 1.60. The molecule has 1 aromatic carbocycles. The Labute approximate surface area is 116 Å². The number of nitrogens with zero attached hydrogens (tertiary/aromatic N) is 3. The van der Waals surface area contributed by atoms with E-state index in [2.05, 4.69) is 9.97 Å². The predicted molar refractivity (Wildman–Crippen MR) is 76.2 cm³/mol. The van der Waals surface area contributed by atoms with Crippen LogP contribution in [-0.2, 0) is 6.42 Å². The molecular formula is C15H15N3O2. The van der Waals surface area contributed by atoms with Crippen molar-refractivity contribution in [2.75, 3.05) is 13.7 Å². The summed E-state index contributed by atoms with van der Waals surface area (Å²) in [5, 5.41) is 9.20. The maximum absolute atomic E-state index is 9.20. The summed E-state index contributed by atoms with van der Waals surface area (Å²) in [4.78, 5) is 8.92. The number of methoxy groups -OCH3 is 1. The quantitative estimate of drug-likeness (QED) is 0.786. The van der Waals surface area contributed by atoms with Gasteiger partial charge in [0.05, 0.1) is 13.7 Å². The van der Waals surface area contributed by atoms with Crippen molar-refractivity contribution in [2.24, 2.45) is 0 Å². The SMILES string of the molecule is COc1ccc(-n2c(CCO)nc3cccnc32)cc1. The number of fused-ring (bicyclic) bond motifs is 1. The monoisotopic (exact) mass is 269 g/mol. The number of hydrogen-bond donors (Lipinski definition) is 1. The second-order valence-corrected chi connectivity index (χ2v) is 4.38. The molecular weight excluding hydrogens is 254 g/mol. The van der Waals surface area contributed by atoms with E-state index in [4.69, 9.17) is 4.74 Å². The van der Waals surface area contributed by atoms with E-state index in [1.54, 1.807) is 13.3 Å². The molecule has 0 radical (unpaired) electrons. The molecule has 0 fully saturated rings. The number of imidazole rings is 1. The largest absolute Gasteiger partial charge is 0.497 e. The second-order valence-electron chi connectivity index (χ2n) is 4.38. The number of aliphatic hydroxyl groups is 1. The van der Waals surface area contributed by atoms with Crippen LogP contribution in [0.25, 0.3) is 16.9 Å². The number of ether oxygens (including phenoxy) is 1. The third-order valence-corrected chi connectivity index (χ3v) is 3.15. The van der Waals surface area contributed by atoms with Crippen molar-refractivity contribution in [3.05, 3.63) is 48.4 Å². The minimum absolute atomic E-state index is 0.0550. The molecule has 0 bridgehead atoms. The van der Waals surface area contributed by atoms with E-state index in [0.717, 1.165) is 28.4 Å². The van der Waals surface area contributed by atoms with Gasteiger partial charge in [0, 0.05) is 18.3 Å². The Kier molecular flexibility index (Phi) is 3.35. The van der Waals surface area contributed by atoms with Gasteiger partial charge in [-0.2, -0.15) is 0 Å². The van der Waals surface area contributed by atoms with Crippen LogP contribution in [0.3, 0.4) is 0 Å². The molecule has 1 N–H and O–H groups in total. The summed E-state index contributed by atoms with van der Waals surface area (Å²) in [5.41, 5.74) is 2.57. The zero-order valence-electron chi connectivity index (χ0n) is 11.2. The Bertz CT molecular complexity index is 720. The van der Waals surface area contributed by atoms with Crippen molar-refractivity contribution < 1.29 is 9.84 Å². The predicted octanol–water partition coefficient (Wildman–Crippen LogP) is 1.96. The van der Waals surface area contributed by atoms with Crippen molar-refractivity contribution in [1.29, 1.82) is 0 Å². The van der Waals surface area contributed by atoms with Crippen LogP contribution in [0, 0.1) is 0 Å². The highest BCUT2D eigenvalue weighted by Gasteiger charge is 2.12. The number of benzene rings is 1. The van der Waals surface area contributed by atoms with Gasteiger partial charge in [0.2, 0.25) is 0 Å². The molecule has 3 aromatic rings. The first-order chi connectivity index (χ1) is 9.83. The lowest BCUT2D eigenvalue weighted by Gasteiger charge is -2.08. The molecule has 0 saturated carbocycles. The Hall–Kier alpha value is -2.40. The Morgan fingerprint density at radius 2 is 2.00 bits per heavy atom. The first kappa shape index (κ1) is 12.6. The van der Waals surface area contributed by atoms with E-state index >= 15 is 0 Å². The van der Waals surface area contributed by atoms with E-state index in [0.29, 0.717) is 6.42 Å². The van der Waals surface area contributed by atoms with Gasteiger partial charge in [-0.25, -0.2) is 9.97 Å². The lowest BCUT2D eigenvalue weighted by molar-refractivity contribution is 0.296. The summed E-state index contributed by atoms with van der Waals surface area (Å²) in [6, 6.07) is 11.5. The number of rotatable bonds is 4.